The molecule has 1 aliphatic heterocycles. The van der Waals surface area contributed by atoms with Gasteiger partial charge in [0.2, 0.25) is 0 Å². The first-order valence-corrected chi connectivity index (χ1v) is 6.91. The zero-order chi connectivity index (χ0) is 13.7. The summed E-state index contributed by atoms with van der Waals surface area (Å²) in [4.78, 5) is 12.9. The van der Waals surface area contributed by atoms with E-state index in [1.807, 2.05) is 6.07 Å². The Morgan fingerprint density at radius 1 is 1.47 bits per heavy atom. The van der Waals surface area contributed by atoms with Crippen molar-refractivity contribution in [2.45, 2.75) is 31.8 Å². The number of aliphatic carboxylic acids is 1. The lowest BCUT2D eigenvalue weighted by atomic mass is 10.1. The topological polar surface area (TPSA) is 52.6 Å². The Labute approximate surface area is 114 Å². The van der Waals surface area contributed by atoms with Crippen LogP contribution in [0.1, 0.15) is 31.4 Å². The van der Waals surface area contributed by atoms with E-state index in [1.165, 1.54) is 5.56 Å². The molecule has 0 spiro atoms. The second-order valence-corrected chi connectivity index (χ2v) is 5.17. The van der Waals surface area contributed by atoms with Crippen molar-refractivity contribution in [1.29, 1.82) is 0 Å². The number of rotatable bonds is 6. The predicted molar refractivity (Wildman–Crippen MR) is 75.1 cm³/mol. The zero-order valence-electron chi connectivity index (χ0n) is 11.4. The molecule has 2 N–H and O–H groups in total. The zero-order valence-corrected chi connectivity index (χ0v) is 11.4. The van der Waals surface area contributed by atoms with E-state index in [-0.39, 0.29) is 6.42 Å². The van der Waals surface area contributed by atoms with Crippen molar-refractivity contribution >= 4 is 5.97 Å². The summed E-state index contributed by atoms with van der Waals surface area (Å²) in [6, 6.07) is 11.4. The minimum Gasteiger partial charge on any atom is -0.481 e. The minimum absolute atomic E-state index is 0.199. The highest BCUT2D eigenvalue weighted by Crippen LogP contribution is 2.24. The fraction of sp³-hybridized carbons (Fsp3) is 0.533. The first kappa shape index (κ1) is 14.0. The quantitative estimate of drug-likeness (QED) is 0.822. The van der Waals surface area contributed by atoms with Gasteiger partial charge in [-0.3, -0.25) is 9.69 Å². The van der Waals surface area contributed by atoms with Crippen molar-refractivity contribution in [2.75, 3.05) is 19.6 Å². The number of hydrogen-bond acceptors (Lipinski definition) is 3. The van der Waals surface area contributed by atoms with Crippen LogP contribution in [0.4, 0.5) is 0 Å². The van der Waals surface area contributed by atoms with Gasteiger partial charge in [-0.2, -0.15) is 0 Å². The van der Waals surface area contributed by atoms with E-state index < -0.39 is 5.97 Å². The molecule has 2 atom stereocenters. The van der Waals surface area contributed by atoms with Crippen LogP contribution in [0.15, 0.2) is 30.3 Å². The fourth-order valence-electron chi connectivity index (χ4n) is 2.63. The monoisotopic (exact) mass is 262 g/mol. The van der Waals surface area contributed by atoms with Gasteiger partial charge < -0.3 is 10.4 Å². The Bertz CT molecular complexity index is 408. The van der Waals surface area contributed by atoms with Crippen molar-refractivity contribution in [3.8, 4) is 0 Å². The first-order chi connectivity index (χ1) is 9.16. The van der Waals surface area contributed by atoms with Gasteiger partial charge in [0.25, 0.3) is 0 Å². The molecule has 1 aromatic carbocycles. The maximum Gasteiger partial charge on any atom is 0.304 e. The summed E-state index contributed by atoms with van der Waals surface area (Å²) in [7, 11) is 0. The van der Waals surface area contributed by atoms with Gasteiger partial charge in [-0.25, -0.2) is 0 Å². The third-order valence-electron chi connectivity index (χ3n) is 3.82. The Hall–Kier alpha value is -1.39. The third kappa shape index (κ3) is 4.04. The summed E-state index contributed by atoms with van der Waals surface area (Å²) < 4.78 is 0. The van der Waals surface area contributed by atoms with Crippen molar-refractivity contribution in [3.05, 3.63) is 35.9 Å². The van der Waals surface area contributed by atoms with Gasteiger partial charge >= 0.3 is 5.97 Å². The normalized spacial score (nSPS) is 21.4. The Balaban J connectivity index is 1.80. The van der Waals surface area contributed by atoms with Crippen LogP contribution in [0.5, 0.6) is 0 Å². The lowest BCUT2D eigenvalue weighted by molar-refractivity contribution is -0.136. The van der Waals surface area contributed by atoms with E-state index >= 15 is 0 Å². The second-order valence-electron chi connectivity index (χ2n) is 5.17. The lowest BCUT2D eigenvalue weighted by Crippen LogP contribution is -2.34. The van der Waals surface area contributed by atoms with Gasteiger partial charge in [0, 0.05) is 31.7 Å². The molecule has 0 bridgehead atoms. The number of carbonyl (C=O) groups is 1. The molecule has 0 saturated carbocycles. The maximum atomic E-state index is 10.5. The van der Waals surface area contributed by atoms with E-state index in [0.717, 1.165) is 19.5 Å². The van der Waals surface area contributed by atoms with Gasteiger partial charge in [-0.15, -0.1) is 0 Å². The molecule has 4 nitrogen and oxygen atoms in total. The van der Waals surface area contributed by atoms with Crippen LogP contribution in [0.25, 0.3) is 0 Å². The molecule has 19 heavy (non-hydrogen) atoms. The molecule has 0 aromatic heterocycles. The molecule has 104 valence electrons. The van der Waals surface area contributed by atoms with Crippen LogP contribution in [-0.4, -0.2) is 41.7 Å². The molecule has 1 fully saturated rings. The summed E-state index contributed by atoms with van der Waals surface area (Å²) >= 11 is 0. The molecule has 2 rings (SSSR count). The molecule has 1 saturated heterocycles. The number of likely N-dealkylation sites (tertiary alicyclic amines) is 1. The van der Waals surface area contributed by atoms with Gasteiger partial charge in [-0.1, -0.05) is 30.3 Å². The average Bonchev–Trinajstić information content (AvgIpc) is 2.87. The summed E-state index contributed by atoms with van der Waals surface area (Å²) in [5.74, 6) is -0.736. The van der Waals surface area contributed by atoms with Gasteiger partial charge in [-0.05, 0) is 18.9 Å². The predicted octanol–water partition coefficient (Wildman–Crippen LogP) is 1.89. The number of carboxylic acids is 1. The molecule has 0 aliphatic carbocycles. The number of carboxylic acid groups (broad SMARTS) is 1. The number of nitrogens with one attached hydrogen (secondary N) is 1. The van der Waals surface area contributed by atoms with Crippen LogP contribution in [0.3, 0.4) is 0 Å². The molecule has 1 heterocycles. The van der Waals surface area contributed by atoms with E-state index in [0.29, 0.717) is 18.6 Å². The highest BCUT2D eigenvalue weighted by molar-refractivity contribution is 5.66. The summed E-state index contributed by atoms with van der Waals surface area (Å²) in [6.07, 6.45) is 1.29. The Morgan fingerprint density at radius 2 is 2.21 bits per heavy atom. The Morgan fingerprint density at radius 3 is 2.89 bits per heavy atom. The molecule has 2 unspecified atom stereocenters. The molecule has 1 aliphatic rings. The third-order valence-corrected chi connectivity index (χ3v) is 3.82. The molecule has 1 aromatic rings. The van der Waals surface area contributed by atoms with E-state index in [9.17, 15) is 4.79 Å². The van der Waals surface area contributed by atoms with Crippen LogP contribution in [0, 0.1) is 0 Å². The minimum atomic E-state index is -0.736. The van der Waals surface area contributed by atoms with Crippen molar-refractivity contribution in [3.63, 3.8) is 0 Å². The fourth-order valence-corrected chi connectivity index (χ4v) is 2.63. The van der Waals surface area contributed by atoms with Gasteiger partial charge in [0.15, 0.2) is 0 Å². The maximum absolute atomic E-state index is 10.5. The second kappa shape index (κ2) is 6.68. The number of nitrogens with zero attached hydrogens (tertiary/aromatic N) is 1. The number of benzene rings is 1. The highest BCUT2D eigenvalue weighted by Gasteiger charge is 2.26. The standard InChI is InChI=1S/C15H22N2O2/c1-12(13-5-3-2-4-6-13)17-10-8-14(11-17)16-9-7-15(18)19/h2-6,12,14,16H,7-11H2,1H3,(H,18,19). The van der Waals surface area contributed by atoms with Crippen LogP contribution in [0.2, 0.25) is 0 Å². The van der Waals surface area contributed by atoms with E-state index in [1.54, 1.807) is 0 Å². The van der Waals surface area contributed by atoms with Crippen molar-refractivity contribution < 1.29 is 9.90 Å². The van der Waals surface area contributed by atoms with Crippen molar-refractivity contribution in [1.82, 2.24) is 10.2 Å². The summed E-state index contributed by atoms with van der Waals surface area (Å²) in [6.45, 7) is 4.86. The van der Waals surface area contributed by atoms with Crippen LogP contribution in [-0.2, 0) is 4.79 Å². The SMILES string of the molecule is CC(c1ccccc1)N1CCC(NCCC(=O)O)C1. The first-order valence-electron chi connectivity index (χ1n) is 6.91. The summed E-state index contributed by atoms with van der Waals surface area (Å²) in [5, 5.41) is 12.0. The smallest absolute Gasteiger partial charge is 0.304 e. The highest BCUT2D eigenvalue weighted by atomic mass is 16.4. The lowest BCUT2D eigenvalue weighted by Gasteiger charge is -2.24. The molecule has 0 radical (unpaired) electrons. The van der Waals surface area contributed by atoms with Gasteiger partial charge in [0.05, 0.1) is 6.42 Å². The van der Waals surface area contributed by atoms with E-state index in [4.69, 9.17) is 5.11 Å². The van der Waals surface area contributed by atoms with Crippen LogP contribution >= 0.6 is 0 Å². The van der Waals surface area contributed by atoms with Gasteiger partial charge in [0.1, 0.15) is 0 Å². The largest absolute Gasteiger partial charge is 0.481 e. The number of hydrogen-bond donors (Lipinski definition) is 2. The van der Waals surface area contributed by atoms with Crippen LogP contribution < -0.4 is 5.32 Å². The Kier molecular flexibility index (Phi) is 4.93. The molecular formula is C15H22N2O2. The molecule has 4 heteroatoms. The molecular weight excluding hydrogens is 240 g/mol. The van der Waals surface area contributed by atoms with E-state index in [2.05, 4.69) is 41.4 Å². The van der Waals surface area contributed by atoms with Crippen molar-refractivity contribution in [2.24, 2.45) is 0 Å². The summed E-state index contributed by atoms with van der Waals surface area (Å²) in [5.41, 5.74) is 1.34. The average molecular weight is 262 g/mol. The molecule has 0 amide bonds.